The molecule has 1 aromatic rings. The smallest absolute Gasteiger partial charge is 0.318 e. The molecule has 1 heterocycles. The number of carbonyl (C=O) groups is 2. The van der Waals surface area contributed by atoms with Gasteiger partial charge in [0.2, 0.25) is 5.91 Å². The molecule has 0 radical (unpaired) electrons. The summed E-state index contributed by atoms with van der Waals surface area (Å²) in [6, 6.07) is 8.98. The van der Waals surface area contributed by atoms with Gasteiger partial charge in [0.05, 0.1) is 0 Å². The number of rotatable bonds is 9. The van der Waals surface area contributed by atoms with E-state index in [0.717, 1.165) is 25.1 Å². The van der Waals surface area contributed by atoms with E-state index in [2.05, 4.69) is 22.8 Å². The number of hydrogen-bond donors (Lipinski definition) is 3. The first-order valence-electron chi connectivity index (χ1n) is 9.83. The summed E-state index contributed by atoms with van der Waals surface area (Å²) in [6.45, 7) is 3.80. The molecule has 0 spiro atoms. The van der Waals surface area contributed by atoms with Gasteiger partial charge >= 0.3 is 6.03 Å². The fraction of sp³-hybridized carbons (Fsp3) is 0.600. The SMILES string of the molecule is CN1CCN(C(=O)[C@H](CCO)NC(=O)N(CCS)CCc2ccccc2)CC1. The van der Waals surface area contributed by atoms with Crippen molar-refractivity contribution in [3.8, 4) is 0 Å². The third-order valence-corrected chi connectivity index (χ3v) is 5.20. The highest BCUT2D eigenvalue weighted by molar-refractivity contribution is 7.80. The Balaban J connectivity index is 1.95. The van der Waals surface area contributed by atoms with Gasteiger partial charge in [-0.1, -0.05) is 30.3 Å². The number of thiol groups is 1. The number of nitrogens with zero attached hydrogens (tertiary/aromatic N) is 3. The van der Waals surface area contributed by atoms with Gasteiger partial charge < -0.3 is 25.1 Å². The number of piperazine rings is 1. The minimum absolute atomic E-state index is 0.121. The molecule has 1 saturated heterocycles. The number of urea groups is 1. The average Bonchev–Trinajstić information content (AvgIpc) is 2.71. The maximum absolute atomic E-state index is 12.8. The number of likely N-dealkylation sites (N-methyl/N-ethyl adjacent to an activating group) is 1. The van der Waals surface area contributed by atoms with E-state index in [4.69, 9.17) is 0 Å². The fourth-order valence-electron chi connectivity index (χ4n) is 3.22. The molecular weight excluding hydrogens is 376 g/mol. The third kappa shape index (κ3) is 7.00. The third-order valence-electron chi connectivity index (χ3n) is 5.00. The van der Waals surface area contributed by atoms with Gasteiger partial charge in [-0.15, -0.1) is 0 Å². The summed E-state index contributed by atoms with van der Waals surface area (Å²) in [5, 5.41) is 12.2. The second-order valence-electron chi connectivity index (χ2n) is 7.09. The van der Waals surface area contributed by atoms with Crippen LogP contribution in [0.25, 0.3) is 0 Å². The van der Waals surface area contributed by atoms with Crippen LogP contribution in [0, 0.1) is 0 Å². The number of hydrogen-bond acceptors (Lipinski definition) is 5. The Morgan fingerprint density at radius 1 is 1.18 bits per heavy atom. The Bertz CT molecular complexity index is 609. The van der Waals surface area contributed by atoms with Crippen molar-refractivity contribution in [2.24, 2.45) is 0 Å². The first-order valence-corrected chi connectivity index (χ1v) is 10.5. The second-order valence-corrected chi connectivity index (χ2v) is 7.54. The molecule has 0 bridgehead atoms. The summed E-state index contributed by atoms with van der Waals surface area (Å²) in [4.78, 5) is 31.3. The average molecular weight is 409 g/mol. The molecule has 1 atom stereocenters. The molecule has 2 N–H and O–H groups in total. The van der Waals surface area contributed by atoms with Gasteiger partial charge in [0, 0.05) is 51.6 Å². The molecule has 0 saturated carbocycles. The van der Waals surface area contributed by atoms with Crippen LogP contribution >= 0.6 is 12.6 Å². The van der Waals surface area contributed by atoms with Gasteiger partial charge in [-0.05, 0) is 25.5 Å². The molecule has 0 aliphatic carbocycles. The molecule has 1 aliphatic rings. The molecule has 1 fully saturated rings. The molecule has 156 valence electrons. The predicted molar refractivity (Wildman–Crippen MR) is 114 cm³/mol. The summed E-state index contributed by atoms with van der Waals surface area (Å²) in [7, 11) is 2.02. The fourth-order valence-corrected chi connectivity index (χ4v) is 3.46. The lowest BCUT2D eigenvalue weighted by Gasteiger charge is -2.35. The van der Waals surface area contributed by atoms with E-state index >= 15 is 0 Å². The second kappa shape index (κ2) is 11.9. The number of nitrogens with one attached hydrogen (secondary N) is 1. The van der Waals surface area contributed by atoms with Gasteiger partial charge in [-0.25, -0.2) is 4.79 Å². The molecule has 1 aromatic carbocycles. The Labute approximate surface area is 173 Å². The predicted octanol–water partition coefficient (Wildman–Crippen LogP) is 0.696. The minimum atomic E-state index is -0.708. The van der Waals surface area contributed by atoms with Gasteiger partial charge in [0.25, 0.3) is 0 Å². The van der Waals surface area contributed by atoms with Gasteiger partial charge in [-0.3, -0.25) is 4.79 Å². The van der Waals surface area contributed by atoms with E-state index < -0.39 is 6.04 Å². The van der Waals surface area contributed by atoms with Crippen molar-refractivity contribution in [3.63, 3.8) is 0 Å². The van der Waals surface area contributed by atoms with Crippen molar-refractivity contribution in [1.82, 2.24) is 20.0 Å². The molecule has 8 heteroatoms. The summed E-state index contributed by atoms with van der Waals surface area (Å²) in [5.41, 5.74) is 1.15. The van der Waals surface area contributed by atoms with Crippen LogP contribution < -0.4 is 5.32 Å². The molecule has 0 unspecified atom stereocenters. The number of amides is 3. The highest BCUT2D eigenvalue weighted by atomic mass is 32.1. The number of carbonyl (C=O) groups excluding carboxylic acids is 2. The zero-order valence-electron chi connectivity index (χ0n) is 16.6. The maximum Gasteiger partial charge on any atom is 0.318 e. The molecule has 2 rings (SSSR count). The molecule has 1 aliphatic heterocycles. The molecular formula is C20H32N4O3S. The van der Waals surface area contributed by atoms with Crippen molar-refractivity contribution in [2.75, 3.05) is 58.7 Å². The topological polar surface area (TPSA) is 76.1 Å². The Hall–Kier alpha value is -1.77. The molecule has 3 amide bonds. The normalized spacial score (nSPS) is 15.9. The van der Waals surface area contributed by atoms with Crippen LogP contribution in [0.15, 0.2) is 30.3 Å². The van der Waals surface area contributed by atoms with Crippen molar-refractivity contribution in [2.45, 2.75) is 18.9 Å². The first kappa shape index (κ1) is 22.5. The van der Waals surface area contributed by atoms with Crippen molar-refractivity contribution < 1.29 is 14.7 Å². The monoisotopic (exact) mass is 408 g/mol. The van der Waals surface area contributed by atoms with Crippen LogP contribution in [0.2, 0.25) is 0 Å². The largest absolute Gasteiger partial charge is 0.396 e. The van der Waals surface area contributed by atoms with E-state index in [1.807, 2.05) is 37.4 Å². The lowest BCUT2D eigenvalue weighted by atomic mass is 10.1. The maximum atomic E-state index is 12.8. The van der Waals surface area contributed by atoms with E-state index in [1.165, 1.54) is 0 Å². The lowest BCUT2D eigenvalue weighted by Crippen LogP contribution is -2.56. The van der Waals surface area contributed by atoms with Gasteiger partial charge in [-0.2, -0.15) is 12.6 Å². The van der Waals surface area contributed by atoms with Crippen LogP contribution in [0.3, 0.4) is 0 Å². The zero-order chi connectivity index (χ0) is 20.4. The van der Waals surface area contributed by atoms with E-state index in [9.17, 15) is 14.7 Å². The van der Waals surface area contributed by atoms with E-state index in [-0.39, 0.29) is 25.0 Å². The van der Waals surface area contributed by atoms with Crippen molar-refractivity contribution in [3.05, 3.63) is 35.9 Å². The van der Waals surface area contributed by atoms with Gasteiger partial charge in [0.15, 0.2) is 0 Å². The first-order chi connectivity index (χ1) is 13.5. The van der Waals surface area contributed by atoms with Crippen LogP contribution in [0.5, 0.6) is 0 Å². The highest BCUT2D eigenvalue weighted by Crippen LogP contribution is 2.07. The number of aliphatic hydroxyl groups is 1. The standard InChI is InChI=1S/C20H32N4O3S/c1-22-10-12-23(13-11-22)19(26)18(8-15-25)21-20(27)24(14-16-28)9-7-17-5-3-2-4-6-17/h2-6,18,25,28H,7-16H2,1H3,(H,21,27)/t18-/m0/s1. The van der Waals surface area contributed by atoms with Gasteiger partial charge in [0.1, 0.15) is 6.04 Å². The molecule has 0 aromatic heterocycles. The lowest BCUT2D eigenvalue weighted by molar-refractivity contribution is -0.135. The van der Waals surface area contributed by atoms with Crippen LogP contribution in [-0.4, -0.2) is 96.5 Å². The zero-order valence-corrected chi connectivity index (χ0v) is 17.5. The Kier molecular flexibility index (Phi) is 9.60. The molecule has 28 heavy (non-hydrogen) atoms. The Morgan fingerprint density at radius 2 is 1.86 bits per heavy atom. The number of aliphatic hydroxyl groups excluding tert-OH is 1. The number of benzene rings is 1. The molecule has 7 nitrogen and oxygen atoms in total. The van der Waals surface area contributed by atoms with Crippen molar-refractivity contribution >= 4 is 24.6 Å². The summed E-state index contributed by atoms with van der Waals surface area (Å²) >= 11 is 4.26. The van der Waals surface area contributed by atoms with Crippen LogP contribution in [0.4, 0.5) is 4.79 Å². The summed E-state index contributed by atoms with van der Waals surface area (Å²) in [5.74, 6) is 0.420. The van der Waals surface area contributed by atoms with Crippen molar-refractivity contribution in [1.29, 1.82) is 0 Å². The Morgan fingerprint density at radius 3 is 2.46 bits per heavy atom. The summed E-state index contributed by atoms with van der Waals surface area (Å²) in [6.07, 6.45) is 0.948. The minimum Gasteiger partial charge on any atom is -0.396 e. The van der Waals surface area contributed by atoms with E-state index in [0.29, 0.717) is 31.9 Å². The summed E-state index contributed by atoms with van der Waals surface area (Å²) < 4.78 is 0. The quantitative estimate of drug-likeness (QED) is 0.526. The van der Waals surface area contributed by atoms with E-state index in [1.54, 1.807) is 9.80 Å². The van der Waals surface area contributed by atoms with Crippen LogP contribution in [-0.2, 0) is 11.2 Å². The highest BCUT2D eigenvalue weighted by Gasteiger charge is 2.28. The van der Waals surface area contributed by atoms with Crippen LogP contribution in [0.1, 0.15) is 12.0 Å².